The molecular weight excluding hydrogens is 216 g/mol. The summed E-state index contributed by atoms with van der Waals surface area (Å²) in [6.45, 7) is 4.36. The highest BCUT2D eigenvalue weighted by Gasteiger charge is 2.16. The summed E-state index contributed by atoms with van der Waals surface area (Å²) >= 11 is 1.82. The molecule has 16 heavy (non-hydrogen) atoms. The van der Waals surface area contributed by atoms with Crippen molar-refractivity contribution >= 4 is 22.6 Å². The molecule has 3 heteroatoms. The number of aliphatic imine (C=N–C) groups is 1. The zero-order chi connectivity index (χ0) is 11.4. The first-order valence-corrected chi connectivity index (χ1v) is 6.87. The predicted molar refractivity (Wildman–Crippen MR) is 73.4 cm³/mol. The van der Waals surface area contributed by atoms with Crippen LogP contribution in [0.4, 0.5) is 5.69 Å². The molecule has 1 aromatic rings. The molecule has 1 unspecified atom stereocenters. The maximum Gasteiger partial charge on any atom is 0.161 e. The number of aryl methyl sites for hydroxylation is 1. The molecule has 2 rings (SSSR count). The minimum atomic E-state index is 0.502. The first-order valence-electron chi connectivity index (χ1n) is 5.88. The Bertz CT molecular complexity index is 370. The van der Waals surface area contributed by atoms with Crippen LogP contribution in [-0.4, -0.2) is 17.0 Å². The molecule has 0 saturated heterocycles. The lowest BCUT2D eigenvalue weighted by atomic mass is 10.1. The summed E-state index contributed by atoms with van der Waals surface area (Å²) in [5.41, 5.74) is 2.51. The lowest BCUT2D eigenvalue weighted by molar-refractivity contribution is 0.738. The van der Waals surface area contributed by atoms with Crippen LogP contribution in [0.25, 0.3) is 0 Å². The zero-order valence-corrected chi connectivity index (χ0v) is 10.7. The molecule has 2 nitrogen and oxygen atoms in total. The SMILES string of the molecule is CCc1ccc(NC2=NC(CC)CS2)cc1. The zero-order valence-electron chi connectivity index (χ0n) is 9.86. The van der Waals surface area contributed by atoms with E-state index in [9.17, 15) is 0 Å². The number of nitrogens with one attached hydrogen (secondary N) is 1. The summed E-state index contributed by atoms with van der Waals surface area (Å²) in [6, 6.07) is 9.09. The Kier molecular flexibility index (Phi) is 3.88. The first-order chi connectivity index (χ1) is 7.81. The van der Waals surface area contributed by atoms with E-state index in [1.807, 2.05) is 11.8 Å². The Hall–Kier alpha value is -0.960. The van der Waals surface area contributed by atoms with Gasteiger partial charge in [-0.2, -0.15) is 0 Å². The molecule has 0 amide bonds. The number of hydrogen-bond acceptors (Lipinski definition) is 3. The van der Waals surface area contributed by atoms with Crippen LogP contribution in [-0.2, 0) is 6.42 Å². The molecule has 0 radical (unpaired) electrons. The third-order valence-electron chi connectivity index (χ3n) is 2.80. The molecular formula is C13H18N2S. The lowest BCUT2D eigenvalue weighted by Gasteiger charge is -2.05. The molecule has 0 saturated carbocycles. The van der Waals surface area contributed by atoms with Crippen molar-refractivity contribution in [3.05, 3.63) is 29.8 Å². The van der Waals surface area contributed by atoms with Gasteiger partial charge in [-0.25, -0.2) is 0 Å². The Balaban J connectivity index is 1.99. The normalized spacial score (nSPS) is 19.6. The maximum atomic E-state index is 4.61. The van der Waals surface area contributed by atoms with E-state index in [1.54, 1.807) is 0 Å². The van der Waals surface area contributed by atoms with Crippen molar-refractivity contribution in [1.29, 1.82) is 0 Å². The van der Waals surface area contributed by atoms with Crippen molar-refractivity contribution in [3.8, 4) is 0 Å². The monoisotopic (exact) mass is 234 g/mol. The summed E-state index contributed by atoms with van der Waals surface area (Å²) in [7, 11) is 0. The molecule has 0 spiro atoms. The number of thioether (sulfide) groups is 1. The van der Waals surface area contributed by atoms with Gasteiger partial charge in [-0.1, -0.05) is 37.7 Å². The van der Waals surface area contributed by atoms with Gasteiger partial charge in [0.15, 0.2) is 5.17 Å². The van der Waals surface area contributed by atoms with Gasteiger partial charge in [0.1, 0.15) is 0 Å². The Morgan fingerprint density at radius 1 is 1.31 bits per heavy atom. The fourth-order valence-corrected chi connectivity index (χ4v) is 2.71. The standard InChI is InChI=1S/C13H18N2S/c1-3-10-5-7-12(8-6-10)15-13-14-11(4-2)9-16-13/h5-8,11H,3-4,9H2,1-2H3,(H,14,15). The number of benzene rings is 1. The van der Waals surface area contributed by atoms with E-state index in [0.717, 1.165) is 29.4 Å². The first kappa shape index (κ1) is 11.5. The van der Waals surface area contributed by atoms with Crippen LogP contribution < -0.4 is 5.32 Å². The minimum absolute atomic E-state index is 0.502. The number of rotatable bonds is 3. The van der Waals surface area contributed by atoms with Crippen LogP contribution in [0.2, 0.25) is 0 Å². The summed E-state index contributed by atoms with van der Waals surface area (Å²) in [4.78, 5) is 4.61. The van der Waals surface area contributed by atoms with Crippen LogP contribution in [0, 0.1) is 0 Å². The largest absolute Gasteiger partial charge is 0.335 e. The number of amidine groups is 1. The molecule has 1 atom stereocenters. The Morgan fingerprint density at radius 3 is 2.62 bits per heavy atom. The van der Waals surface area contributed by atoms with E-state index >= 15 is 0 Å². The van der Waals surface area contributed by atoms with Crippen LogP contribution in [0.1, 0.15) is 25.8 Å². The van der Waals surface area contributed by atoms with Crippen molar-refractivity contribution in [2.75, 3.05) is 11.1 Å². The number of hydrogen-bond donors (Lipinski definition) is 1. The third-order valence-corrected chi connectivity index (χ3v) is 3.83. The second-order valence-electron chi connectivity index (χ2n) is 3.98. The van der Waals surface area contributed by atoms with Crippen LogP contribution >= 0.6 is 11.8 Å². The van der Waals surface area contributed by atoms with E-state index in [4.69, 9.17) is 0 Å². The number of anilines is 1. The van der Waals surface area contributed by atoms with E-state index in [-0.39, 0.29) is 0 Å². The van der Waals surface area contributed by atoms with Gasteiger partial charge in [0, 0.05) is 11.4 Å². The highest BCUT2D eigenvalue weighted by molar-refractivity contribution is 8.14. The predicted octanol–water partition coefficient (Wildman–Crippen LogP) is 3.54. The molecule has 1 N–H and O–H groups in total. The van der Waals surface area contributed by atoms with E-state index in [0.29, 0.717) is 6.04 Å². The smallest absolute Gasteiger partial charge is 0.161 e. The Morgan fingerprint density at radius 2 is 2.06 bits per heavy atom. The molecule has 1 aliphatic rings. The van der Waals surface area contributed by atoms with E-state index < -0.39 is 0 Å². The molecule has 0 fully saturated rings. The lowest BCUT2D eigenvalue weighted by Crippen LogP contribution is -2.05. The van der Waals surface area contributed by atoms with Gasteiger partial charge in [-0.3, -0.25) is 4.99 Å². The molecule has 0 bridgehead atoms. The van der Waals surface area contributed by atoms with Gasteiger partial charge >= 0.3 is 0 Å². The van der Waals surface area contributed by atoms with Gasteiger partial charge in [0.25, 0.3) is 0 Å². The summed E-state index contributed by atoms with van der Waals surface area (Å²) in [5, 5.41) is 4.44. The maximum absolute atomic E-state index is 4.61. The van der Waals surface area contributed by atoms with Gasteiger partial charge in [0.05, 0.1) is 6.04 Å². The average Bonchev–Trinajstić information content (AvgIpc) is 2.78. The van der Waals surface area contributed by atoms with E-state index in [1.165, 1.54) is 5.56 Å². The molecule has 1 aliphatic heterocycles. The highest BCUT2D eigenvalue weighted by Crippen LogP contribution is 2.21. The molecule has 1 heterocycles. The summed E-state index contributed by atoms with van der Waals surface area (Å²) < 4.78 is 0. The molecule has 1 aromatic carbocycles. The summed E-state index contributed by atoms with van der Waals surface area (Å²) in [6.07, 6.45) is 2.22. The fraction of sp³-hybridized carbons (Fsp3) is 0.462. The topological polar surface area (TPSA) is 24.4 Å². The molecule has 86 valence electrons. The molecule has 0 aromatic heterocycles. The van der Waals surface area contributed by atoms with Crippen molar-refractivity contribution in [1.82, 2.24) is 0 Å². The second-order valence-corrected chi connectivity index (χ2v) is 4.99. The van der Waals surface area contributed by atoms with Gasteiger partial charge in [0.2, 0.25) is 0 Å². The van der Waals surface area contributed by atoms with Crippen LogP contribution in [0.5, 0.6) is 0 Å². The average molecular weight is 234 g/mol. The summed E-state index contributed by atoms with van der Waals surface area (Å²) in [5.74, 6) is 1.12. The van der Waals surface area contributed by atoms with Crippen molar-refractivity contribution in [2.45, 2.75) is 32.7 Å². The van der Waals surface area contributed by atoms with Crippen molar-refractivity contribution in [3.63, 3.8) is 0 Å². The quantitative estimate of drug-likeness (QED) is 0.865. The number of nitrogens with zero attached hydrogens (tertiary/aromatic N) is 1. The molecule has 0 aliphatic carbocycles. The third kappa shape index (κ3) is 2.79. The van der Waals surface area contributed by atoms with Gasteiger partial charge in [-0.15, -0.1) is 0 Å². The van der Waals surface area contributed by atoms with Crippen molar-refractivity contribution in [2.24, 2.45) is 4.99 Å². The van der Waals surface area contributed by atoms with Crippen LogP contribution in [0.3, 0.4) is 0 Å². The van der Waals surface area contributed by atoms with Gasteiger partial charge in [-0.05, 0) is 30.5 Å². The minimum Gasteiger partial charge on any atom is -0.335 e. The van der Waals surface area contributed by atoms with Crippen LogP contribution in [0.15, 0.2) is 29.3 Å². The fourth-order valence-electron chi connectivity index (χ4n) is 1.64. The highest BCUT2D eigenvalue weighted by atomic mass is 32.2. The Labute approximate surface area is 102 Å². The van der Waals surface area contributed by atoms with Crippen molar-refractivity contribution < 1.29 is 0 Å². The second kappa shape index (κ2) is 5.39. The van der Waals surface area contributed by atoms with Gasteiger partial charge < -0.3 is 5.32 Å². The van der Waals surface area contributed by atoms with E-state index in [2.05, 4.69) is 48.4 Å².